The Bertz CT molecular complexity index is 743. The molecule has 0 radical (unpaired) electrons. The first kappa shape index (κ1) is 18.7. The van der Waals surface area contributed by atoms with Crippen LogP contribution in [0.2, 0.25) is 0 Å². The zero-order valence-electron chi connectivity index (χ0n) is 15.5. The number of likely N-dealkylation sites (tertiary alicyclic amines) is 1. The molecule has 1 aromatic heterocycles. The summed E-state index contributed by atoms with van der Waals surface area (Å²) >= 11 is 0. The van der Waals surface area contributed by atoms with E-state index in [4.69, 9.17) is 5.26 Å². The number of rotatable bonds is 4. The summed E-state index contributed by atoms with van der Waals surface area (Å²) in [7, 11) is 0. The molecule has 26 heavy (non-hydrogen) atoms. The maximum absolute atomic E-state index is 12.6. The van der Waals surface area contributed by atoms with Crippen LogP contribution in [0.1, 0.15) is 66.6 Å². The molecule has 1 aromatic rings. The number of hydrogen-bond acceptors (Lipinski definition) is 4. The van der Waals surface area contributed by atoms with E-state index in [-0.39, 0.29) is 17.5 Å². The topological polar surface area (TPSA) is 89.0 Å². The maximum Gasteiger partial charge on any atom is 0.266 e. The second-order valence-electron chi connectivity index (χ2n) is 7.74. The van der Waals surface area contributed by atoms with E-state index in [1.165, 1.54) is 38.2 Å². The Balaban J connectivity index is 1.60. The van der Waals surface area contributed by atoms with Gasteiger partial charge >= 0.3 is 0 Å². The third kappa shape index (κ3) is 4.53. The van der Waals surface area contributed by atoms with Crippen LogP contribution in [0.15, 0.2) is 10.9 Å². The summed E-state index contributed by atoms with van der Waals surface area (Å²) in [6.07, 6.45) is 8.81. The molecule has 1 aliphatic heterocycles. The van der Waals surface area contributed by atoms with E-state index in [0.29, 0.717) is 11.3 Å². The number of nitrogens with zero attached hydrogens (tertiary/aromatic N) is 2. The normalized spacial score (nSPS) is 21.9. The van der Waals surface area contributed by atoms with Gasteiger partial charge in [0.2, 0.25) is 0 Å². The number of aromatic amines is 1. The molecule has 0 spiro atoms. The molecule has 1 unspecified atom stereocenters. The molecule has 6 nitrogen and oxygen atoms in total. The highest BCUT2D eigenvalue weighted by molar-refractivity contribution is 5.95. The lowest BCUT2D eigenvalue weighted by Gasteiger charge is -2.36. The minimum absolute atomic E-state index is 0.0247. The second kappa shape index (κ2) is 8.50. The van der Waals surface area contributed by atoms with Crippen molar-refractivity contribution >= 4 is 5.91 Å². The predicted molar refractivity (Wildman–Crippen MR) is 100 cm³/mol. The van der Waals surface area contributed by atoms with Crippen LogP contribution in [0, 0.1) is 24.2 Å². The van der Waals surface area contributed by atoms with Crippen molar-refractivity contribution in [3.05, 3.63) is 33.2 Å². The maximum atomic E-state index is 12.6. The highest BCUT2D eigenvalue weighted by Gasteiger charge is 2.25. The number of aryl methyl sites for hydroxylation is 1. The Morgan fingerprint density at radius 2 is 2.08 bits per heavy atom. The fraction of sp³-hybridized carbons (Fsp3) is 0.650. The molecule has 1 atom stereocenters. The summed E-state index contributed by atoms with van der Waals surface area (Å²) in [5.74, 6) is 0.595. The summed E-state index contributed by atoms with van der Waals surface area (Å²) in [5.41, 5.74) is 0.410. The number of amides is 1. The number of carbonyl (C=O) groups is 1. The third-order valence-electron chi connectivity index (χ3n) is 5.69. The molecule has 3 rings (SSSR count). The number of aromatic nitrogens is 1. The molecule has 2 heterocycles. The van der Waals surface area contributed by atoms with Gasteiger partial charge in [-0.2, -0.15) is 5.26 Å². The van der Waals surface area contributed by atoms with Crippen molar-refractivity contribution in [2.24, 2.45) is 5.92 Å². The summed E-state index contributed by atoms with van der Waals surface area (Å²) in [6, 6.07) is 3.36. The predicted octanol–water partition coefficient (Wildman–Crippen LogP) is 2.33. The van der Waals surface area contributed by atoms with Gasteiger partial charge in [0.05, 0.1) is 5.56 Å². The summed E-state index contributed by atoms with van der Waals surface area (Å²) in [5, 5.41) is 12.1. The van der Waals surface area contributed by atoms with Crippen LogP contribution >= 0.6 is 0 Å². The van der Waals surface area contributed by atoms with Crippen molar-refractivity contribution in [2.45, 2.75) is 57.9 Å². The SMILES string of the molecule is Cc1[nH]c(=O)c(C#N)cc1C(=O)NC1CCCN(CC2CCCCC2)C1. The van der Waals surface area contributed by atoms with E-state index < -0.39 is 5.56 Å². The molecule has 1 aliphatic carbocycles. The van der Waals surface area contributed by atoms with Gasteiger partial charge in [0, 0.05) is 24.8 Å². The second-order valence-corrected chi connectivity index (χ2v) is 7.74. The Hall–Kier alpha value is -2.13. The average Bonchev–Trinajstić information content (AvgIpc) is 2.63. The van der Waals surface area contributed by atoms with Crippen LogP contribution in [-0.4, -0.2) is 41.5 Å². The monoisotopic (exact) mass is 356 g/mol. The van der Waals surface area contributed by atoms with Gasteiger partial charge in [0.15, 0.2) is 0 Å². The van der Waals surface area contributed by atoms with Crippen LogP contribution in [0.25, 0.3) is 0 Å². The summed E-state index contributed by atoms with van der Waals surface area (Å²) < 4.78 is 0. The Kier molecular flexibility index (Phi) is 6.10. The van der Waals surface area contributed by atoms with Crippen LogP contribution in [0.3, 0.4) is 0 Å². The largest absolute Gasteiger partial charge is 0.348 e. The molecule has 1 saturated carbocycles. The van der Waals surface area contributed by atoms with Gasteiger partial charge in [-0.1, -0.05) is 19.3 Å². The molecule has 140 valence electrons. The number of pyridine rings is 1. The first-order chi connectivity index (χ1) is 12.6. The lowest BCUT2D eigenvalue weighted by molar-refractivity contribution is 0.0889. The van der Waals surface area contributed by atoms with Crippen molar-refractivity contribution in [1.82, 2.24) is 15.2 Å². The van der Waals surface area contributed by atoms with E-state index in [0.717, 1.165) is 38.4 Å². The van der Waals surface area contributed by atoms with Crippen molar-refractivity contribution in [3.63, 3.8) is 0 Å². The number of H-pyrrole nitrogens is 1. The fourth-order valence-electron chi connectivity index (χ4n) is 4.28. The average molecular weight is 356 g/mol. The first-order valence-electron chi connectivity index (χ1n) is 9.74. The Morgan fingerprint density at radius 3 is 2.81 bits per heavy atom. The minimum Gasteiger partial charge on any atom is -0.348 e. The van der Waals surface area contributed by atoms with Gasteiger partial charge < -0.3 is 15.2 Å². The van der Waals surface area contributed by atoms with Gasteiger partial charge in [-0.3, -0.25) is 9.59 Å². The van der Waals surface area contributed by atoms with Gasteiger partial charge in [-0.25, -0.2) is 0 Å². The smallest absolute Gasteiger partial charge is 0.266 e. The summed E-state index contributed by atoms with van der Waals surface area (Å²) in [6.45, 7) is 4.82. The Morgan fingerprint density at radius 1 is 1.31 bits per heavy atom. The molecule has 2 fully saturated rings. The Labute approximate surface area is 154 Å². The molecular weight excluding hydrogens is 328 g/mol. The van der Waals surface area contributed by atoms with Gasteiger partial charge in [0.1, 0.15) is 11.6 Å². The zero-order chi connectivity index (χ0) is 18.5. The van der Waals surface area contributed by atoms with Crippen molar-refractivity contribution < 1.29 is 4.79 Å². The standard InChI is InChI=1S/C20H28N4O2/c1-14-18(10-16(11-21)19(25)22-14)20(26)23-17-8-5-9-24(13-17)12-15-6-3-2-4-7-15/h10,15,17H,2-9,12-13H2,1H3,(H,22,25)(H,23,26). The minimum atomic E-state index is -0.446. The van der Waals surface area contributed by atoms with E-state index in [1.807, 2.05) is 6.07 Å². The number of nitriles is 1. The first-order valence-corrected chi connectivity index (χ1v) is 9.74. The van der Waals surface area contributed by atoms with Crippen molar-refractivity contribution in [2.75, 3.05) is 19.6 Å². The van der Waals surface area contributed by atoms with Crippen LogP contribution in [0.4, 0.5) is 0 Å². The van der Waals surface area contributed by atoms with Gasteiger partial charge in [-0.15, -0.1) is 0 Å². The summed E-state index contributed by atoms with van der Waals surface area (Å²) in [4.78, 5) is 29.4. The molecule has 2 N–H and O–H groups in total. The molecule has 2 aliphatic rings. The van der Waals surface area contributed by atoms with Crippen LogP contribution in [-0.2, 0) is 0 Å². The lowest BCUT2D eigenvalue weighted by atomic mass is 9.88. The quantitative estimate of drug-likeness (QED) is 0.866. The fourth-order valence-corrected chi connectivity index (χ4v) is 4.28. The molecule has 6 heteroatoms. The van der Waals surface area contributed by atoms with E-state index in [9.17, 15) is 9.59 Å². The van der Waals surface area contributed by atoms with E-state index in [2.05, 4.69) is 15.2 Å². The van der Waals surface area contributed by atoms with E-state index >= 15 is 0 Å². The molecule has 0 bridgehead atoms. The number of nitrogens with one attached hydrogen (secondary N) is 2. The van der Waals surface area contributed by atoms with Gasteiger partial charge in [-0.05, 0) is 51.1 Å². The highest BCUT2D eigenvalue weighted by Crippen LogP contribution is 2.25. The van der Waals surface area contributed by atoms with Gasteiger partial charge in [0.25, 0.3) is 11.5 Å². The third-order valence-corrected chi connectivity index (χ3v) is 5.69. The van der Waals surface area contributed by atoms with Crippen molar-refractivity contribution in [3.8, 4) is 6.07 Å². The molecule has 1 amide bonds. The van der Waals surface area contributed by atoms with Crippen molar-refractivity contribution in [1.29, 1.82) is 5.26 Å². The molecular formula is C20H28N4O2. The number of hydrogen-bond donors (Lipinski definition) is 2. The number of carbonyl (C=O) groups excluding carboxylic acids is 1. The number of piperidine rings is 1. The van der Waals surface area contributed by atoms with E-state index in [1.54, 1.807) is 6.92 Å². The highest BCUT2D eigenvalue weighted by atomic mass is 16.2. The van der Waals surface area contributed by atoms with Crippen LogP contribution in [0.5, 0.6) is 0 Å². The molecule has 1 saturated heterocycles. The molecule has 0 aromatic carbocycles. The zero-order valence-corrected chi connectivity index (χ0v) is 15.5. The van der Waals surface area contributed by atoms with Crippen LogP contribution < -0.4 is 10.9 Å². The lowest BCUT2D eigenvalue weighted by Crippen LogP contribution is -2.49.